The molecule has 8 nitrogen and oxygen atoms in total. The highest BCUT2D eigenvalue weighted by atomic mass is 35.5. The molecule has 1 saturated heterocycles. The van der Waals surface area contributed by atoms with Gasteiger partial charge >= 0.3 is 11.7 Å². The van der Waals surface area contributed by atoms with Gasteiger partial charge in [0, 0.05) is 43.4 Å². The lowest BCUT2D eigenvalue weighted by Crippen LogP contribution is -2.52. The van der Waals surface area contributed by atoms with Crippen LogP contribution in [-0.2, 0) is 17.9 Å². The number of imidazole rings is 1. The molecule has 1 aliphatic rings. The van der Waals surface area contributed by atoms with Gasteiger partial charge in [-0.1, -0.05) is 29.8 Å². The van der Waals surface area contributed by atoms with E-state index < -0.39 is 0 Å². The lowest BCUT2D eigenvalue weighted by Gasteiger charge is -2.34. The maximum Gasteiger partial charge on any atom is 0.329 e. The summed E-state index contributed by atoms with van der Waals surface area (Å²) < 4.78 is 3.20. The van der Waals surface area contributed by atoms with Crippen LogP contribution in [-0.4, -0.2) is 57.1 Å². The largest absolute Gasteiger partial charge is 0.338 e. The van der Waals surface area contributed by atoms with Crippen LogP contribution >= 0.6 is 11.6 Å². The van der Waals surface area contributed by atoms with Gasteiger partial charge in [-0.05, 0) is 43.7 Å². The Morgan fingerprint density at radius 3 is 2.22 bits per heavy atom. The zero-order valence-corrected chi connectivity index (χ0v) is 18.9. The van der Waals surface area contributed by atoms with Crippen LogP contribution in [0, 0.1) is 6.92 Å². The number of para-hydroxylation sites is 2. The van der Waals surface area contributed by atoms with Crippen LogP contribution in [0.5, 0.6) is 0 Å². The molecule has 32 heavy (non-hydrogen) atoms. The minimum Gasteiger partial charge on any atom is -0.338 e. The molecule has 0 atom stereocenters. The lowest BCUT2D eigenvalue weighted by molar-refractivity contribution is -0.133. The van der Waals surface area contributed by atoms with Gasteiger partial charge in [-0.2, -0.15) is 0 Å². The zero-order chi connectivity index (χ0) is 22.8. The van der Waals surface area contributed by atoms with Crippen molar-refractivity contribution in [3.8, 4) is 0 Å². The second kappa shape index (κ2) is 9.08. The average molecular weight is 456 g/mol. The smallest absolute Gasteiger partial charge is 0.329 e. The van der Waals surface area contributed by atoms with Gasteiger partial charge < -0.3 is 15.1 Å². The van der Waals surface area contributed by atoms with Gasteiger partial charge in [-0.25, -0.2) is 9.59 Å². The Hall–Kier alpha value is -3.26. The molecule has 1 fully saturated rings. The van der Waals surface area contributed by atoms with Gasteiger partial charge in [0.2, 0.25) is 5.91 Å². The van der Waals surface area contributed by atoms with E-state index in [1.807, 2.05) is 50.2 Å². The third kappa shape index (κ3) is 4.23. The number of hydrogen-bond donors (Lipinski definition) is 1. The van der Waals surface area contributed by atoms with E-state index in [9.17, 15) is 14.4 Å². The maximum absolute atomic E-state index is 12.9. The van der Waals surface area contributed by atoms with Crippen molar-refractivity contribution in [3.05, 3.63) is 63.5 Å². The Kier molecular flexibility index (Phi) is 6.23. The number of amides is 3. The molecule has 2 aromatic carbocycles. The second-order valence-corrected chi connectivity index (χ2v) is 8.27. The summed E-state index contributed by atoms with van der Waals surface area (Å²) in [5.41, 5.74) is 2.97. The molecule has 1 aromatic heterocycles. The van der Waals surface area contributed by atoms with Crippen molar-refractivity contribution in [1.29, 1.82) is 0 Å². The number of carbonyl (C=O) groups is 2. The summed E-state index contributed by atoms with van der Waals surface area (Å²) in [5, 5.41) is 3.45. The molecule has 1 aliphatic heterocycles. The summed E-state index contributed by atoms with van der Waals surface area (Å²) in [6.45, 7) is 6.02. The van der Waals surface area contributed by atoms with Gasteiger partial charge in [0.15, 0.2) is 0 Å². The number of nitrogens with one attached hydrogen (secondary N) is 1. The van der Waals surface area contributed by atoms with Gasteiger partial charge in [-0.3, -0.25) is 13.9 Å². The van der Waals surface area contributed by atoms with Crippen LogP contribution in [0.2, 0.25) is 5.02 Å². The number of anilines is 1. The van der Waals surface area contributed by atoms with E-state index >= 15 is 0 Å². The molecule has 0 saturated carbocycles. The van der Waals surface area contributed by atoms with Crippen molar-refractivity contribution < 1.29 is 9.59 Å². The van der Waals surface area contributed by atoms with Crippen LogP contribution in [0.3, 0.4) is 0 Å². The average Bonchev–Trinajstić information content (AvgIpc) is 3.07. The molecule has 0 radical (unpaired) electrons. The van der Waals surface area contributed by atoms with Crippen molar-refractivity contribution in [2.75, 3.05) is 31.5 Å². The topological polar surface area (TPSA) is 79.6 Å². The molecule has 3 aromatic rings. The minimum absolute atomic E-state index is 0.0135. The van der Waals surface area contributed by atoms with Gasteiger partial charge in [0.25, 0.3) is 0 Å². The van der Waals surface area contributed by atoms with Crippen LogP contribution in [0.15, 0.2) is 47.3 Å². The van der Waals surface area contributed by atoms with Crippen LogP contribution in [0.4, 0.5) is 10.5 Å². The van der Waals surface area contributed by atoms with Crippen molar-refractivity contribution in [3.63, 3.8) is 0 Å². The number of hydrogen-bond acceptors (Lipinski definition) is 3. The number of aromatic nitrogens is 2. The van der Waals surface area contributed by atoms with E-state index in [1.54, 1.807) is 20.4 Å². The molecule has 0 unspecified atom stereocenters. The highest BCUT2D eigenvalue weighted by molar-refractivity contribution is 6.31. The first-order valence-electron chi connectivity index (χ1n) is 10.7. The molecule has 0 aliphatic carbocycles. The van der Waals surface area contributed by atoms with Crippen molar-refractivity contribution >= 4 is 40.3 Å². The van der Waals surface area contributed by atoms with Crippen LogP contribution in [0.1, 0.15) is 12.5 Å². The van der Waals surface area contributed by atoms with E-state index in [0.717, 1.165) is 16.6 Å². The number of nitrogens with zero attached hydrogens (tertiary/aromatic N) is 4. The van der Waals surface area contributed by atoms with Gasteiger partial charge in [0.1, 0.15) is 6.54 Å². The monoisotopic (exact) mass is 455 g/mol. The maximum atomic E-state index is 12.9. The van der Waals surface area contributed by atoms with Crippen molar-refractivity contribution in [2.24, 2.45) is 0 Å². The number of urea groups is 1. The third-order valence-electron chi connectivity index (χ3n) is 5.88. The Labute approximate surface area is 191 Å². The second-order valence-electron chi connectivity index (χ2n) is 7.86. The highest BCUT2D eigenvalue weighted by Gasteiger charge is 2.25. The summed E-state index contributed by atoms with van der Waals surface area (Å²) >= 11 is 6.13. The molecule has 3 amide bonds. The van der Waals surface area contributed by atoms with E-state index in [4.69, 9.17) is 11.6 Å². The van der Waals surface area contributed by atoms with Crippen molar-refractivity contribution in [2.45, 2.75) is 26.9 Å². The zero-order valence-electron chi connectivity index (χ0n) is 18.2. The Bertz CT molecular complexity index is 1220. The first-order valence-corrected chi connectivity index (χ1v) is 11.0. The summed E-state index contributed by atoms with van der Waals surface area (Å²) in [4.78, 5) is 41.7. The fraction of sp³-hybridized carbons (Fsp3) is 0.348. The quantitative estimate of drug-likeness (QED) is 0.656. The normalized spacial score (nSPS) is 14.1. The number of fused-ring (bicyclic) bond motifs is 1. The fourth-order valence-corrected chi connectivity index (χ4v) is 4.18. The first-order chi connectivity index (χ1) is 15.4. The van der Waals surface area contributed by atoms with Crippen LogP contribution < -0.4 is 11.0 Å². The minimum atomic E-state index is -0.223. The molecule has 1 N–H and O–H groups in total. The van der Waals surface area contributed by atoms with E-state index in [1.165, 1.54) is 4.57 Å². The summed E-state index contributed by atoms with van der Waals surface area (Å²) in [6, 6.07) is 12.7. The third-order valence-corrected chi connectivity index (χ3v) is 6.28. The Morgan fingerprint density at radius 1 is 0.969 bits per heavy atom. The van der Waals surface area contributed by atoms with E-state index in [2.05, 4.69) is 5.32 Å². The lowest BCUT2D eigenvalue weighted by atomic mass is 10.2. The number of piperazine rings is 1. The number of aryl methyl sites for hydroxylation is 2. The molecule has 0 bridgehead atoms. The molecule has 168 valence electrons. The number of benzene rings is 2. The molecule has 2 heterocycles. The van der Waals surface area contributed by atoms with E-state index in [0.29, 0.717) is 43.4 Å². The highest BCUT2D eigenvalue weighted by Crippen LogP contribution is 2.20. The molecule has 4 rings (SSSR count). The summed E-state index contributed by atoms with van der Waals surface area (Å²) in [5.74, 6) is -0.128. The standard InChI is InChI=1S/C23H26ClN5O3/c1-3-28-19-6-4-5-7-20(19)29(23(28)32)15-21(30)26-10-12-27(13-11-26)22(31)25-17-9-8-16(2)18(24)14-17/h4-9,14H,3,10-13,15H2,1-2H3,(H,25,31). The van der Waals surface area contributed by atoms with Gasteiger partial charge in [-0.15, -0.1) is 0 Å². The number of carbonyl (C=O) groups excluding carboxylic acids is 2. The number of rotatable bonds is 4. The predicted octanol–water partition coefficient (Wildman–Crippen LogP) is 3.16. The molecule has 9 heteroatoms. The Balaban J connectivity index is 1.38. The van der Waals surface area contributed by atoms with E-state index in [-0.39, 0.29) is 24.2 Å². The number of halogens is 1. The van der Waals surface area contributed by atoms with Gasteiger partial charge in [0.05, 0.1) is 11.0 Å². The first kappa shape index (κ1) is 22.0. The molecule has 0 spiro atoms. The summed E-state index contributed by atoms with van der Waals surface area (Å²) in [7, 11) is 0. The van der Waals surface area contributed by atoms with Crippen molar-refractivity contribution in [1.82, 2.24) is 18.9 Å². The Morgan fingerprint density at radius 2 is 1.59 bits per heavy atom. The predicted molar refractivity (Wildman–Crippen MR) is 125 cm³/mol. The van der Waals surface area contributed by atoms with Crippen LogP contribution in [0.25, 0.3) is 11.0 Å². The SMILES string of the molecule is CCn1c(=O)n(CC(=O)N2CCN(C(=O)Nc3ccc(C)c(Cl)c3)CC2)c2ccccc21. The molecular formula is C23H26ClN5O3. The fourth-order valence-electron chi connectivity index (χ4n) is 4.00. The summed E-state index contributed by atoms with van der Waals surface area (Å²) in [6.07, 6.45) is 0. The molecular weight excluding hydrogens is 430 g/mol.